The molecule has 1 fully saturated rings. The third-order valence-corrected chi connectivity index (χ3v) is 14.6. The number of fused-ring (bicyclic) bond motifs is 4. The van der Waals surface area contributed by atoms with E-state index in [0.29, 0.717) is 42.1 Å². The van der Waals surface area contributed by atoms with E-state index in [1.165, 1.54) is 0 Å². The Morgan fingerprint density at radius 1 is 0.925 bits per heavy atom. The molecule has 0 bridgehead atoms. The van der Waals surface area contributed by atoms with Crippen molar-refractivity contribution in [1.82, 2.24) is 4.90 Å². The molecule has 0 aromatic heterocycles. The molecule has 53 heavy (non-hydrogen) atoms. The van der Waals surface area contributed by atoms with E-state index in [0.717, 1.165) is 33.6 Å². The van der Waals surface area contributed by atoms with Gasteiger partial charge in [0.15, 0.2) is 13.9 Å². The molecular weight excluding hydrogens is 706 g/mol. The lowest BCUT2D eigenvalue weighted by Crippen LogP contribution is -2.48. The van der Waals surface area contributed by atoms with Crippen LogP contribution in [0, 0.1) is 5.92 Å². The second kappa shape index (κ2) is 13.5. The molecule has 4 aromatic carbocycles. The number of ether oxygens (including phenoxy) is 1. The number of rotatable bonds is 7. The number of halogens is 1. The molecule has 274 valence electrons. The lowest BCUT2D eigenvalue weighted by Gasteiger charge is -2.37. The molecule has 4 aromatic rings. The van der Waals surface area contributed by atoms with E-state index >= 15 is 0 Å². The minimum Gasteiger partial charge on any atom is -0.432 e. The summed E-state index contributed by atoms with van der Waals surface area (Å²) in [4.78, 5) is 59.2. The zero-order valence-corrected chi connectivity index (χ0v) is 31.9. The van der Waals surface area contributed by atoms with Crippen LogP contribution in [0.2, 0.25) is 23.7 Å². The van der Waals surface area contributed by atoms with Crippen molar-refractivity contribution < 1.29 is 29.0 Å². The van der Waals surface area contributed by atoms with Crippen molar-refractivity contribution in [2.75, 3.05) is 16.4 Å². The molecule has 11 heteroatoms. The molecule has 4 heterocycles. The van der Waals surface area contributed by atoms with Crippen molar-refractivity contribution in [2.45, 2.75) is 82.1 Å². The van der Waals surface area contributed by atoms with Crippen LogP contribution in [0.3, 0.4) is 0 Å². The van der Waals surface area contributed by atoms with Crippen molar-refractivity contribution in [3.05, 3.63) is 124 Å². The standard InChI is InChI=1S/C42H44ClN3O6Si/c1-26-40(53(2,3)51)37(22-39(49)44-24-30-10-5-4-9-29(30)20-33(44)25-47)52-42(26)34-21-31(43)15-18-36(34)45(41(42)50)23-27-12-16-32(17-13-27)46-35-11-7-6-8-28(35)14-19-38(46)48/h4-13,15-18,21,26,33,37,40,47,51H,14,19-20,22-25H2,1-3H3/t26-,33-,37+,40-,42+/m0/s1. The number of amides is 3. The van der Waals surface area contributed by atoms with Gasteiger partial charge in [0.25, 0.3) is 5.91 Å². The minimum absolute atomic E-state index is 0.0323. The molecule has 2 N–H and O–H groups in total. The maximum atomic E-state index is 15.0. The van der Waals surface area contributed by atoms with Crippen molar-refractivity contribution in [2.24, 2.45) is 5.92 Å². The van der Waals surface area contributed by atoms with Crippen LogP contribution in [-0.4, -0.2) is 59.6 Å². The van der Waals surface area contributed by atoms with Gasteiger partial charge in [-0.2, -0.15) is 0 Å². The third kappa shape index (κ3) is 6.01. The molecule has 4 aliphatic rings. The molecule has 3 amide bonds. The van der Waals surface area contributed by atoms with Crippen molar-refractivity contribution in [3.8, 4) is 0 Å². The van der Waals surface area contributed by atoms with Gasteiger partial charge in [0.1, 0.15) is 0 Å². The van der Waals surface area contributed by atoms with E-state index in [9.17, 15) is 24.3 Å². The number of carbonyl (C=O) groups excluding carboxylic acids is 3. The number of para-hydroxylation sites is 1. The zero-order valence-electron chi connectivity index (χ0n) is 30.2. The monoisotopic (exact) mass is 749 g/mol. The van der Waals surface area contributed by atoms with Gasteiger partial charge in [-0.15, -0.1) is 0 Å². The second-order valence-electron chi connectivity index (χ2n) is 15.5. The molecule has 9 nitrogen and oxygen atoms in total. The number of aliphatic hydroxyl groups excluding tert-OH is 1. The quantitative estimate of drug-likeness (QED) is 0.205. The van der Waals surface area contributed by atoms with E-state index in [2.05, 4.69) is 6.07 Å². The summed E-state index contributed by atoms with van der Waals surface area (Å²) >= 11 is 6.61. The Bertz CT molecular complexity index is 2100. The van der Waals surface area contributed by atoms with Crippen LogP contribution in [0.25, 0.3) is 0 Å². The summed E-state index contributed by atoms with van der Waals surface area (Å²) in [6.45, 7) is 6.07. The fourth-order valence-corrected chi connectivity index (χ4v) is 12.1. The van der Waals surface area contributed by atoms with E-state index in [4.69, 9.17) is 16.3 Å². The maximum Gasteiger partial charge on any atom is 0.264 e. The average molecular weight is 750 g/mol. The number of carbonyl (C=O) groups is 3. The molecule has 0 unspecified atom stereocenters. The first-order chi connectivity index (χ1) is 25.4. The Kier molecular flexibility index (Phi) is 9.10. The highest BCUT2D eigenvalue weighted by atomic mass is 35.5. The SMILES string of the molecule is C[C@H]1[C@H]([Si](C)(C)O)[C@@H](CC(=O)N2Cc3ccccc3C[C@H]2CO)O[C@]12C(=O)N(Cc1ccc(N3C(=O)CCc4ccccc43)cc1)c1ccc(Cl)cc12. The Morgan fingerprint density at radius 3 is 2.34 bits per heavy atom. The van der Waals surface area contributed by atoms with Crippen LogP contribution in [0.4, 0.5) is 17.1 Å². The number of aryl methyl sites for hydroxylation is 1. The Morgan fingerprint density at radius 2 is 1.62 bits per heavy atom. The van der Waals surface area contributed by atoms with Gasteiger partial charge >= 0.3 is 0 Å². The number of hydrogen-bond donors (Lipinski definition) is 2. The predicted octanol–water partition coefficient (Wildman–Crippen LogP) is 6.63. The summed E-state index contributed by atoms with van der Waals surface area (Å²) in [7, 11) is -3.04. The molecule has 0 radical (unpaired) electrons. The number of aliphatic hydroxyl groups is 1. The summed E-state index contributed by atoms with van der Waals surface area (Å²) in [5, 5.41) is 10.8. The van der Waals surface area contributed by atoms with Crippen LogP contribution in [0.15, 0.2) is 91.0 Å². The first-order valence-electron chi connectivity index (χ1n) is 18.4. The average Bonchev–Trinajstić information content (AvgIpc) is 3.56. The highest BCUT2D eigenvalue weighted by Crippen LogP contribution is 2.60. The first kappa shape index (κ1) is 35.7. The predicted molar refractivity (Wildman–Crippen MR) is 206 cm³/mol. The fraction of sp³-hybridized carbons (Fsp3) is 0.357. The molecule has 0 saturated carbocycles. The Balaban J connectivity index is 1.09. The van der Waals surface area contributed by atoms with Gasteiger partial charge in [-0.3, -0.25) is 19.3 Å². The van der Waals surface area contributed by atoms with E-state index in [-0.39, 0.29) is 43.3 Å². The topological polar surface area (TPSA) is 111 Å². The molecule has 5 atom stereocenters. The van der Waals surface area contributed by atoms with Crippen LogP contribution in [-0.2, 0) is 50.7 Å². The normalized spacial score (nSPS) is 25.1. The van der Waals surface area contributed by atoms with Crippen LogP contribution in [0.5, 0.6) is 0 Å². The summed E-state index contributed by atoms with van der Waals surface area (Å²) in [5.41, 5.74) is 5.21. The molecule has 0 aliphatic carbocycles. The van der Waals surface area contributed by atoms with Gasteiger partial charge in [-0.05, 0) is 84.6 Å². The minimum atomic E-state index is -3.04. The highest BCUT2D eigenvalue weighted by Gasteiger charge is 2.66. The number of hydrogen-bond acceptors (Lipinski definition) is 6. The highest BCUT2D eigenvalue weighted by molar-refractivity contribution is 6.71. The van der Waals surface area contributed by atoms with Crippen LogP contribution >= 0.6 is 11.6 Å². The number of nitrogens with zero attached hydrogens (tertiary/aromatic N) is 3. The van der Waals surface area contributed by atoms with Gasteiger partial charge in [0.05, 0.1) is 43.1 Å². The maximum absolute atomic E-state index is 15.0. The molecule has 8 rings (SSSR count). The lowest BCUT2D eigenvalue weighted by atomic mass is 9.82. The van der Waals surface area contributed by atoms with E-state index in [1.807, 2.05) is 92.8 Å². The number of benzene rings is 4. The van der Waals surface area contributed by atoms with Gasteiger partial charge in [0.2, 0.25) is 11.8 Å². The lowest BCUT2D eigenvalue weighted by molar-refractivity contribution is -0.151. The summed E-state index contributed by atoms with van der Waals surface area (Å²) < 4.78 is 6.94. The largest absolute Gasteiger partial charge is 0.432 e. The van der Waals surface area contributed by atoms with Crippen molar-refractivity contribution >= 4 is 54.7 Å². The van der Waals surface area contributed by atoms with Crippen LogP contribution in [0.1, 0.15) is 47.6 Å². The van der Waals surface area contributed by atoms with Crippen molar-refractivity contribution in [3.63, 3.8) is 0 Å². The fourth-order valence-electron chi connectivity index (χ4n) is 9.38. The summed E-state index contributed by atoms with van der Waals surface area (Å²) in [5.74, 6) is -0.865. The second-order valence-corrected chi connectivity index (χ2v) is 19.9. The smallest absolute Gasteiger partial charge is 0.264 e. The summed E-state index contributed by atoms with van der Waals surface area (Å²) in [6, 6.07) is 28.6. The van der Waals surface area contributed by atoms with Crippen LogP contribution < -0.4 is 9.80 Å². The Hall–Kier alpha value is -4.32. The first-order valence-corrected chi connectivity index (χ1v) is 21.8. The van der Waals surface area contributed by atoms with Gasteiger partial charge in [-0.25, -0.2) is 0 Å². The van der Waals surface area contributed by atoms with Crippen molar-refractivity contribution in [1.29, 1.82) is 0 Å². The van der Waals surface area contributed by atoms with Gasteiger partial charge < -0.3 is 24.4 Å². The number of anilines is 3. The molecule has 4 aliphatic heterocycles. The van der Waals surface area contributed by atoms with E-state index in [1.54, 1.807) is 26.8 Å². The third-order valence-electron chi connectivity index (χ3n) is 11.8. The molecule has 1 saturated heterocycles. The molecule has 1 spiro atoms. The Labute approximate surface area is 315 Å². The molecular formula is C42H44ClN3O6Si. The summed E-state index contributed by atoms with van der Waals surface area (Å²) in [6.07, 6.45) is 0.940. The van der Waals surface area contributed by atoms with E-state index < -0.39 is 31.5 Å². The van der Waals surface area contributed by atoms with Gasteiger partial charge in [0, 0.05) is 40.7 Å². The van der Waals surface area contributed by atoms with Gasteiger partial charge in [-0.1, -0.05) is 73.1 Å². The zero-order chi connectivity index (χ0) is 37.2.